The van der Waals surface area contributed by atoms with Crippen molar-refractivity contribution in [2.75, 3.05) is 0 Å². The van der Waals surface area contributed by atoms with Crippen LogP contribution in [0.4, 0.5) is 0 Å². The summed E-state index contributed by atoms with van der Waals surface area (Å²) in [5.74, 6) is 1.19. The van der Waals surface area contributed by atoms with Gasteiger partial charge >= 0.3 is 0 Å². The average molecular weight is 200 g/mol. The third-order valence-corrected chi connectivity index (χ3v) is 3.96. The first-order valence-electron chi connectivity index (χ1n) is 5.95. The predicted molar refractivity (Wildman–Crippen MR) is 59.7 cm³/mol. The van der Waals surface area contributed by atoms with Crippen LogP contribution in [0.1, 0.15) is 30.4 Å². The fourth-order valence-corrected chi connectivity index (χ4v) is 3.12. The second-order valence-corrected chi connectivity index (χ2v) is 4.90. The van der Waals surface area contributed by atoms with Gasteiger partial charge in [0.25, 0.3) is 0 Å². The van der Waals surface area contributed by atoms with E-state index >= 15 is 0 Å². The molecule has 0 radical (unpaired) electrons. The lowest BCUT2D eigenvalue weighted by Crippen LogP contribution is -2.28. The van der Waals surface area contributed by atoms with Crippen molar-refractivity contribution in [1.29, 1.82) is 0 Å². The smallest absolute Gasteiger partial charge is 0.139 e. The summed E-state index contributed by atoms with van der Waals surface area (Å²) in [5.41, 5.74) is 2.83. The summed E-state index contributed by atoms with van der Waals surface area (Å²) in [6, 6.07) is 8.59. The minimum atomic E-state index is 0.326. The van der Waals surface area contributed by atoms with E-state index in [9.17, 15) is 4.79 Å². The van der Waals surface area contributed by atoms with Crippen molar-refractivity contribution in [2.24, 2.45) is 11.8 Å². The predicted octanol–water partition coefficient (Wildman–Crippen LogP) is 2.77. The molecular formula is C14H16O. The van der Waals surface area contributed by atoms with Gasteiger partial charge in [-0.1, -0.05) is 30.7 Å². The molecule has 0 aromatic heterocycles. The third-order valence-electron chi connectivity index (χ3n) is 3.96. The minimum absolute atomic E-state index is 0.326. The quantitative estimate of drug-likeness (QED) is 0.629. The second-order valence-electron chi connectivity index (χ2n) is 4.90. The molecular weight excluding hydrogens is 184 g/mol. The molecule has 1 aromatic carbocycles. The Morgan fingerprint density at radius 3 is 2.00 bits per heavy atom. The molecule has 0 N–H and O–H groups in total. The highest BCUT2D eigenvalue weighted by molar-refractivity contribution is 5.85. The Hall–Kier alpha value is -1.11. The van der Waals surface area contributed by atoms with Gasteiger partial charge in [-0.2, -0.15) is 0 Å². The van der Waals surface area contributed by atoms with Gasteiger partial charge in [0.2, 0.25) is 0 Å². The number of ketones is 1. The van der Waals surface area contributed by atoms with Crippen LogP contribution in [0, 0.1) is 11.8 Å². The summed E-state index contributed by atoms with van der Waals surface area (Å²) in [4.78, 5) is 12.1. The fourth-order valence-electron chi connectivity index (χ4n) is 3.12. The zero-order valence-electron chi connectivity index (χ0n) is 8.91. The Labute approximate surface area is 90.5 Å². The van der Waals surface area contributed by atoms with Crippen LogP contribution in [0.25, 0.3) is 0 Å². The topological polar surface area (TPSA) is 17.1 Å². The van der Waals surface area contributed by atoms with Crippen molar-refractivity contribution >= 4 is 5.78 Å². The van der Waals surface area contributed by atoms with E-state index in [1.165, 1.54) is 17.5 Å². The summed E-state index contributed by atoms with van der Waals surface area (Å²) in [7, 11) is 0. The van der Waals surface area contributed by atoms with Crippen LogP contribution in [-0.2, 0) is 17.6 Å². The average Bonchev–Trinajstić information content (AvgIpc) is 2.34. The Morgan fingerprint density at radius 1 is 0.933 bits per heavy atom. The molecule has 1 fully saturated rings. The molecule has 3 rings (SSSR count). The van der Waals surface area contributed by atoms with E-state index < -0.39 is 0 Å². The molecule has 1 nitrogen and oxygen atoms in total. The Bertz CT molecular complexity index is 359. The van der Waals surface area contributed by atoms with E-state index in [1.807, 2.05) is 0 Å². The molecule has 0 spiro atoms. The van der Waals surface area contributed by atoms with Gasteiger partial charge in [-0.25, -0.2) is 0 Å². The molecule has 1 heteroatoms. The standard InChI is InChI=1S/C14H16O/c15-14-12-6-3-7-13(14)9-11-5-2-1-4-10(11)8-12/h1-2,4-5,12-13H,3,6-9H2/t12-,13+. The highest BCUT2D eigenvalue weighted by atomic mass is 16.1. The molecule has 1 saturated carbocycles. The van der Waals surface area contributed by atoms with Crippen LogP contribution in [0.15, 0.2) is 24.3 Å². The zero-order chi connectivity index (χ0) is 10.3. The number of hydrogen-bond acceptors (Lipinski definition) is 1. The number of fused-ring (bicyclic) bond motifs is 3. The summed E-state index contributed by atoms with van der Waals surface area (Å²) in [6.07, 6.45) is 5.46. The fraction of sp³-hybridized carbons (Fsp3) is 0.500. The molecule has 2 atom stereocenters. The van der Waals surface area contributed by atoms with E-state index in [4.69, 9.17) is 0 Å². The zero-order valence-corrected chi connectivity index (χ0v) is 8.91. The van der Waals surface area contributed by atoms with E-state index in [0.29, 0.717) is 17.6 Å². The molecule has 0 saturated heterocycles. The number of benzene rings is 1. The third kappa shape index (κ3) is 1.50. The van der Waals surface area contributed by atoms with Crippen LogP contribution < -0.4 is 0 Å². The first kappa shape index (κ1) is 9.14. The van der Waals surface area contributed by atoms with E-state index in [1.54, 1.807) is 0 Å². The number of carbonyl (C=O) groups is 1. The molecule has 0 unspecified atom stereocenters. The van der Waals surface area contributed by atoms with Crippen molar-refractivity contribution in [3.8, 4) is 0 Å². The van der Waals surface area contributed by atoms with Gasteiger partial charge in [-0.3, -0.25) is 4.79 Å². The molecule has 0 amide bonds. The van der Waals surface area contributed by atoms with Crippen LogP contribution in [0.3, 0.4) is 0 Å². The lowest BCUT2D eigenvalue weighted by Gasteiger charge is -2.24. The molecule has 0 aliphatic heterocycles. The van der Waals surface area contributed by atoms with Gasteiger partial charge in [0.05, 0.1) is 0 Å². The van der Waals surface area contributed by atoms with Crippen molar-refractivity contribution in [3.05, 3.63) is 35.4 Å². The number of carbonyl (C=O) groups excluding carboxylic acids is 1. The van der Waals surface area contributed by atoms with Crippen LogP contribution >= 0.6 is 0 Å². The molecule has 15 heavy (non-hydrogen) atoms. The van der Waals surface area contributed by atoms with Gasteiger partial charge in [-0.15, -0.1) is 0 Å². The molecule has 2 aliphatic carbocycles. The van der Waals surface area contributed by atoms with Crippen molar-refractivity contribution in [1.82, 2.24) is 0 Å². The highest BCUT2D eigenvalue weighted by Gasteiger charge is 2.34. The van der Waals surface area contributed by atoms with Gasteiger partial charge in [0.1, 0.15) is 5.78 Å². The summed E-state index contributed by atoms with van der Waals surface area (Å²) >= 11 is 0. The lowest BCUT2D eigenvalue weighted by molar-refractivity contribution is -0.128. The van der Waals surface area contributed by atoms with Crippen molar-refractivity contribution in [3.63, 3.8) is 0 Å². The van der Waals surface area contributed by atoms with Crippen LogP contribution in [0.5, 0.6) is 0 Å². The Kier molecular flexibility index (Phi) is 2.12. The first-order valence-corrected chi connectivity index (χ1v) is 5.95. The van der Waals surface area contributed by atoms with Gasteiger partial charge in [0, 0.05) is 11.8 Å². The second kappa shape index (κ2) is 3.48. The summed E-state index contributed by atoms with van der Waals surface area (Å²) in [6.45, 7) is 0. The highest BCUT2D eigenvalue weighted by Crippen LogP contribution is 2.35. The van der Waals surface area contributed by atoms with Crippen LogP contribution in [-0.4, -0.2) is 5.78 Å². The van der Waals surface area contributed by atoms with E-state index in [2.05, 4.69) is 24.3 Å². The first-order chi connectivity index (χ1) is 7.34. The van der Waals surface area contributed by atoms with E-state index in [-0.39, 0.29) is 0 Å². The summed E-state index contributed by atoms with van der Waals surface area (Å²) < 4.78 is 0. The number of rotatable bonds is 0. The monoisotopic (exact) mass is 200 g/mol. The molecule has 2 aliphatic rings. The molecule has 78 valence electrons. The number of hydrogen-bond donors (Lipinski definition) is 0. The molecule has 1 aromatic rings. The Morgan fingerprint density at radius 2 is 1.47 bits per heavy atom. The van der Waals surface area contributed by atoms with E-state index in [0.717, 1.165) is 25.7 Å². The Balaban J connectivity index is 2.03. The normalized spacial score (nSPS) is 29.5. The maximum absolute atomic E-state index is 12.1. The molecule has 2 bridgehead atoms. The SMILES string of the molecule is O=C1[C@@H]2CCC[C@H]1Cc1ccccc1C2. The maximum atomic E-state index is 12.1. The van der Waals surface area contributed by atoms with Crippen molar-refractivity contribution in [2.45, 2.75) is 32.1 Å². The van der Waals surface area contributed by atoms with Gasteiger partial charge in [-0.05, 0) is 36.8 Å². The van der Waals surface area contributed by atoms with Crippen LogP contribution in [0.2, 0.25) is 0 Å². The van der Waals surface area contributed by atoms with Gasteiger partial charge < -0.3 is 0 Å². The maximum Gasteiger partial charge on any atom is 0.139 e. The van der Waals surface area contributed by atoms with Crippen molar-refractivity contribution < 1.29 is 4.79 Å². The van der Waals surface area contributed by atoms with Gasteiger partial charge in [0.15, 0.2) is 0 Å². The largest absolute Gasteiger partial charge is 0.299 e. The molecule has 0 heterocycles. The summed E-state index contributed by atoms with van der Waals surface area (Å²) in [5, 5.41) is 0. The lowest BCUT2D eigenvalue weighted by atomic mass is 9.79. The number of Topliss-reactive ketones (excluding diaryl/α,β-unsaturated/α-hetero) is 1. The minimum Gasteiger partial charge on any atom is -0.299 e.